The maximum absolute atomic E-state index is 12.7. The van der Waals surface area contributed by atoms with Gasteiger partial charge in [-0.25, -0.2) is 4.98 Å². The number of nitrogens with one attached hydrogen (secondary N) is 2. The molecule has 1 aromatic heterocycles. The number of rotatable bonds is 5. The molecule has 25 heavy (non-hydrogen) atoms. The Kier molecular flexibility index (Phi) is 5.20. The Hall–Kier alpha value is -2.99. The summed E-state index contributed by atoms with van der Waals surface area (Å²) in [6.45, 7) is 1.83. The van der Waals surface area contributed by atoms with Crippen molar-refractivity contribution in [3.05, 3.63) is 76.7 Å². The van der Waals surface area contributed by atoms with Gasteiger partial charge in [0.1, 0.15) is 5.01 Å². The van der Waals surface area contributed by atoms with Crippen molar-refractivity contribution >= 4 is 34.5 Å². The summed E-state index contributed by atoms with van der Waals surface area (Å²) in [4.78, 5) is 29.8. The van der Waals surface area contributed by atoms with Gasteiger partial charge in [-0.2, -0.15) is 0 Å². The van der Waals surface area contributed by atoms with Gasteiger partial charge >= 0.3 is 0 Å². The first kappa shape index (κ1) is 16.9. The SMILES string of the molecule is Cc1csc(C(C(=O)Nc2ccccc2)C(=O)Nc2ccccc2)n1. The second kappa shape index (κ2) is 7.72. The molecule has 0 spiro atoms. The van der Waals surface area contributed by atoms with Gasteiger partial charge in [0.15, 0.2) is 5.92 Å². The lowest BCUT2D eigenvalue weighted by atomic mass is 10.1. The van der Waals surface area contributed by atoms with Crippen LogP contribution in [0.5, 0.6) is 0 Å². The highest BCUT2D eigenvalue weighted by Crippen LogP contribution is 2.24. The predicted molar refractivity (Wildman–Crippen MR) is 99.7 cm³/mol. The molecule has 0 saturated heterocycles. The summed E-state index contributed by atoms with van der Waals surface area (Å²) in [5, 5.41) is 7.87. The fraction of sp³-hybridized carbons (Fsp3) is 0.105. The third kappa shape index (κ3) is 4.30. The summed E-state index contributed by atoms with van der Waals surface area (Å²) in [6, 6.07) is 18.1. The molecule has 3 rings (SSSR count). The molecule has 0 unspecified atom stereocenters. The molecule has 0 radical (unpaired) electrons. The largest absolute Gasteiger partial charge is 0.325 e. The van der Waals surface area contributed by atoms with E-state index in [9.17, 15) is 9.59 Å². The highest BCUT2D eigenvalue weighted by atomic mass is 32.1. The van der Waals surface area contributed by atoms with Crippen LogP contribution in [-0.2, 0) is 9.59 Å². The number of aromatic nitrogens is 1. The second-order valence-electron chi connectivity index (χ2n) is 5.47. The number of thiazole rings is 1. The van der Waals surface area contributed by atoms with Crippen LogP contribution in [-0.4, -0.2) is 16.8 Å². The maximum Gasteiger partial charge on any atom is 0.243 e. The Balaban J connectivity index is 1.84. The van der Waals surface area contributed by atoms with E-state index >= 15 is 0 Å². The molecule has 2 aromatic carbocycles. The van der Waals surface area contributed by atoms with Gasteiger partial charge in [0.2, 0.25) is 11.8 Å². The Morgan fingerprint density at radius 1 is 0.880 bits per heavy atom. The van der Waals surface area contributed by atoms with Crippen LogP contribution in [0.1, 0.15) is 16.6 Å². The van der Waals surface area contributed by atoms with Crippen LogP contribution < -0.4 is 10.6 Å². The molecule has 2 amide bonds. The van der Waals surface area contributed by atoms with Crippen LogP contribution in [0.4, 0.5) is 11.4 Å². The van der Waals surface area contributed by atoms with Crippen LogP contribution in [0.15, 0.2) is 66.0 Å². The van der Waals surface area contributed by atoms with Gasteiger partial charge in [-0.3, -0.25) is 9.59 Å². The molecule has 6 heteroatoms. The number of carbonyl (C=O) groups is 2. The topological polar surface area (TPSA) is 71.1 Å². The monoisotopic (exact) mass is 351 g/mol. The van der Waals surface area contributed by atoms with E-state index < -0.39 is 17.7 Å². The molecule has 0 saturated carbocycles. The first-order valence-corrected chi connectivity index (χ1v) is 8.65. The van der Waals surface area contributed by atoms with Crippen molar-refractivity contribution in [1.29, 1.82) is 0 Å². The smallest absolute Gasteiger partial charge is 0.243 e. The molecule has 1 heterocycles. The number of carbonyl (C=O) groups excluding carboxylic acids is 2. The van der Waals surface area contributed by atoms with Crippen molar-refractivity contribution in [1.82, 2.24) is 4.98 Å². The fourth-order valence-electron chi connectivity index (χ4n) is 2.32. The van der Waals surface area contributed by atoms with Crippen molar-refractivity contribution in [2.24, 2.45) is 0 Å². The molecular weight excluding hydrogens is 334 g/mol. The molecule has 0 aliphatic rings. The number of para-hydroxylation sites is 2. The summed E-state index contributed by atoms with van der Waals surface area (Å²) < 4.78 is 0. The van der Waals surface area contributed by atoms with E-state index in [0.29, 0.717) is 16.4 Å². The number of hydrogen-bond donors (Lipinski definition) is 2. The van der Waals surface area contributed by atoms with E-state index in [1.807, 2.05) is 48.7 Å². The van der Waals surface area contributed by atoms with Crippen LogP contribution in [0.2, 0.25) is 0 Å². The summed E-state index contributed by atoms with van der Waals surface area (Å²) in [7, 11) is 0. The van der Waals surface area contributed by atoms with E-state index in [1.165, 1.54) is 11.3 Å². The van der Waals surface area contributed by atoms with Crippen molar-refractivity contribution < 1.29 is 9.59 Å². The highest BCUT2D eigenvalue weighted by molar-refractivity contribution is 7.10. The summed E-state index contributed by atoms with van der Waals surface area (Å²) in [5.41, 5.74) is 2.06. The van der Waals surface area contributed by atoms with E-state index in [4.69, 9.17) is 0 Å². The van der Waals surface area contributed by atoms with Gasteiger partial charge in [-0.05, 0) is 31.2 Å². The van der Waals surface area contributed by atoms with E-state index in [-0.39, 0.29) is 0 Å². The van der Waals surface area contributed by atoms with E-state index in [0.717, 1.165) is 5.69 Å². The third-order valence-corrected chi connectivity index (χ3v) is 4.52. The van der Waals surface area contributed by atoms with E-state index in [2.05, 4.69) is 15.6 Å². The van der Waals surface area contributed by atoms with Crippen molar-refractivity contribution in [2.75, 3.05) is 10.6 Å². The molecule has 0 aliphatic carbocycles. The molecule has 2 N–H and O–H groups in total. The Morgan fingerprint density at radius 2 is 1.36 bits per heavy atom. The van der Waals surface area contributed by atoms with Gasteiger partial charge < -0.3 is 10.6 Å². The molecule has 3 aromatic rings. The standard InChI is InChI=1S/C19H17N3O2S/c1-13-12-25-19(20-13)16(17(23)21-14-8-4-2-5-9-14)18(24)22-15-10-6-3-7-11-15/h2-12,16H,1H3,(H,21,23)(H,22,24). The molecule has 0 bridgehead atoms. The van der Waals surface area contributed by atoms with Gasteiger partial charge in [0, 0.05) is 22.4 Å². The average Bonchev–Trinajstić information content (AvgIpc) is 3.02. The molecule has 0 aliphatic heterocycles. The lowest BCUT2D eigenvalue weighted by molar-refractivity contribution is -0.125. The molecule has 126 valence electrons. The van der Waals surface area contributed by atoms with Gasteiger partial charge in [-0.15, -0.1) is 11.3 Å². The van der Waals surface area contributed by atoms with Crippen molar-refractivity contribution in [3.8, 4) is 0 Å². The number of amides is 2. The third-order valence-electron chi connectivity index (χ3n) is 3.49. The first-order chi connectivity index (χ1) is 12.1. The first-order valence-electron chi connectivity index (χ1n) is 7.77. The van der Waals surface area contributed by atoms with Crippen LogP contribution in [0.3, 0.4) is 0 Å². The fourth-order valence-corrected chi connectivity index (χ4v) is 3.21. The number of nitrogens with zero attached hydrogens (tertiary/aromatic N) is 1. The highest BCUT2D eigenvalue weighted by Gasteiger charge is 2.31. The quantitative estimate of drug-likeness (QED) is 0.687. The van der Waals surface area contributed by atoms with Gasteiger partial charge in [-0.1, -0.05) is 36.4 Å². The van der Waals surface area contributed by atoms with Gasteiger partial charge in [0.25, 0.3) is 0 Å². The predicted octanol–water partition coefficient (Wildman–Crippen LogP) is 3.81. The Labute approximate surface area is 149 Å². The van der Waals surface area contributed by atoms with Crippen LogP contribution in [0.25, 0.3) is 0 Å². The van der Waals surface area contributed by atoms with Crippen molar-refractivity contribution in [3.63, 3.8) is 0 Å². The van der Waals surface area contributed by atoms with E-state index in [1.54, 1.807) is 24.3 Å². The number of benzene rings is 2. The zero-order valence-electron chi connectivity index (χ0n) is 13.6. The minimum Gasteiger partial charge on any atom is -0.325 e. The number of aryl methyl sites for hydroxylation is 1. The average molecular weight is 351 g/mol. The minimum atomic E-state index is -1.01. The zero-order valence-corrected chi connectivity index (χ0v) is 14.4. The summed E-state index contributed by atoms with van der Waals surface area (Å²) >= 11 is 1.30. The molecule has 0 atom stereocenters. The maximum atomic E-state index is 12.7. The number of anilines is 2. The van der Waals surface area contributed by atoms with Crippen molar-refractivity contribution in [2.45, 2.75) is 12.8 Å². The summed E-state index contributed by atoms with van der Waals surface area (Å²) in [5.74, 6) is -1.83. The Bertz CT molecular complexity index is 809. The minimum absolute atomic E-state index is 0.408. The summed E-state index contributed by atoms with van der Waals surface area (Å²) in [6.07, 6.45) is 0. The lowest BCUT2D eigenvalue weighted by Crippen LogP contribution is -2.32. The Morgan fingerprint density at radius 3 is 1.76 bits per heavy atom. The second-order valence-corrected chi connectivity index (χ2v) is 6.36. The zero-order chi connectivity index (χ0) is 17.6. The molecule has 0 fully saturated rings. The number of hydrogen-bond acceptors (Lipinski definition) is 4. The lowest BCUT2D eigenvalue weighted by Gasteiger charge is -2.15. The van der Waals surface area contributed by atoms with Crippen LogP contribution in [0, 0.1) is 6.92 Å². The normalized spacial score (nSPS) is 10.5. The molecular formula is C19H17N3O2S. The van der Waals surface area contributed by atoms with Crippen LogP contribution >= 0.6 is 11.3 Å². The molecule has 5 nitrogen and oxygen atoms in total. The van der Waals surface area contributed by atoms with Gasteiger partial charge in [0.05, 0.1) is 0 Å².